The molecule has 1 atom stereocenters. The second-order valence-electron chi connectivity index (χ2n) is 3.74. The molecule has 82 valence electrons. The van der Waals surface area contributed by atoms with Crippen LogP contribution in [0.3, 0.4) is 0 Å². The van der Waals surface area contributed by atoms with E-state index in [-0.39, 0.29) is 5.82 Å². The van der Waals surface area contributed by atoms with Crippen LogP contribution in [0.2, 0.25) is 5.02 Å². The van der Waals surface area contributed by atoms with Crippen LogP contribution in [0.5, 0.6) is 5.75 Å². The number of benzene rings is 1. The van der Waals surface area contributed by atoms with Gasteiger partial charge in [0.05, 0.1) is 11.6 Å². The molecule has 1 fully saturated rings. The van der Waals surface area contributed by atoms with E-state index in [9.17, 15) is 4.39 Å². The van der Waals surface area contributed by atoms with Crippen LogP contribution in [-0.4, -0.2) is 19.7 Å². The Labute approximate surface area is 93.4 Å². The fourth-order valence-corrected chi connectivity index (χ4v) is 1.88. The van der Waals surface area contributed by atoms with Gasteiger partial charge in [0.2, 0.25) is 0 Å². The fourth-order valence-electron chi connectivity index (χ4n) is 1.66. The molecule has 1 aliphatic rings. The molecule has 1 N–H and O–H groups in total. The second-order valence-corrected chi connectivity index (χ2v) is 4.15. The van der Waals surface area contributed by atoms with E-state index in [0.29, 0.717) is 23.3 Å². The summed E-state index contributed by atoms with van der Waals surface area (Å²) in [5.74, 6) is 0.756. The molecular weight excluding hydrogens is 217 g/mol. The normalized spacial score (nSPS) is 20.5. The molecule has 2 rings (SSSR count). The van der Waals surface area contributed by atoms with E-state index in [0.717, 1.165) is 19.5 Å². The minimum Gasteiger partial charge on any atom is -0.492 e. The van der Waals surface area contributed by atoms with Gasteiger partial charge in [-0.25, -0.2) is 4.39 Å². The average Bonchev–Trinajstić information content (AvgIpc) is 2.69. The van der Waals surface area contributed by atoms with Gasteiger partial charge in [-0.1, -0.05) is 11.6 Å². The molecule has 0 bridgehead atoms. The first-order chi connectivity index (χ1) is 7.25. The van der Waals surface area contributed by atoms with E-state index in [1.165, 1.54) is 12.1 Å². The van der Waals surface area contributed by atoms with E-state index in [1.807, 2.05) is 0 Å². The third-order valence-corrected chi connectivity index (χ3v) is 2.83. The van der Waals surface area contributed by atoms with Crippen LogP contribution in [0.15, 0.2) is 18.2 Å². The van der Waals surface area contributed by atoms with Crippen LogP contribution in [0, 0.1) is 11.7 Å². The van der Waals surface area contributed by atoms with Crippen LogP contribution in [0.4, 0.5) is 4.39 Å². The quantitative estimate of drug-likeness (QED) is 0.860. The summed E-state index contributed by atoms with van der Waals surface area (Å²) in [5, 5.41) is 3.59. The molecule has 0 radical (unpaired) electrons. The van der Waals surface area contributed by atoms with Crippen molar-refractivity contribution < 1.29 is 9.13 Å². The number of halogens is 2. The third kappa shape index (κ3) is 2.83. The summed E-state index contributed by atoms with van der Waals surface area (Å²) in [5.41, 5.74) is 0. The molecule has 2 nitrogen and oxygen atoms in total. The molecular formula is C11H13ClFNO. The minimum absolute atomic E-state index is 0.334. The van der Waals surface area contributed by atoms with Crippen molar-refractivity contribution in [2.75, 3.05) is 19.7 Å². The lowest BCUT2D eigenvalue weighted by Crippen LogP contribution is -2.15. The van der Waals surface area contributed by atoms with E-state index >= 15 is 0 Å². The van der Waals surface area contributed by atoms with Crippen molar-refractivity contribution in [1.29, 1.82) is 0 Å². The first-order valence-corrected chi connectivity index (χ1v) is 5.42. The summed E-state index contributed by atoms with van der Waals surface area (Å²) >= 11 is 5.83. The van der Waals surface area contributed by atoms with Crippen molar-refractivity contribution >= 4 is 11.6 Å². The fraction of sp³-hybridized carbons (Fsp3) is 0.455. The first-order valence-electron chi connectivity index (χ1n) is 5.04. The van der Waals surface area contributed by atoms with E-state index in [2.05, 4.69) is 5.32 Å². The third-order valence-electron chi connectivity index (χ3n) is 2.53. The maximum absolute atomic E-state index is 12.7. The van der Waals surface area contributed by atoms with Crippen LogP contribution in [-0.2, 0) is 0 Å². The van der Waals surface area contributed by atoms with Crippen molar-refractivity contribution in [3.63, 3.8) is 0 Å². The maximum atomic E-state index is 12.7. The van der Waals surface area contributed by atoms with E-state index in [1.54, 1.807) is 6.07 Å². The van der Waals surface area contributed by atoms with E-state index < -0.39 is 0 Å². The molecule has 1 aliphatic heterocycles. The molecule has 1 unspecified atom stereocenters. The predicted molar refractivity (Wildman–Crippen MR) is 57.9 cm³/mol. The molecule has 4 heteroatoms. The molecule has 0 spiro atoms. The number of rotatable bonds is 3. The Balaban J connectivity index is 1.92. The van der Waals surface area contributed by atoms with Crippen molar-refractivity contribution in [2.24, 2.45) is 5.92 Å². The van der Waals surface area contributed by atoms with Crippen molar-refractivity contribution in [3.8, 4) is 5.75 Å². The Kier molecular flexibility index (Phi) is 3.44. The van der Waals surface area contributed by atoms with Gasteiger partial charge in [-0.3, -0.25) is 0 Å². The van der Waals surface area contributed by atoms with Crippen LogP contribution >= 0.6 is 11.6 Å². The standard InChI is InChI=1S/C11H13ClFNO/c12-10-5-9(13)1-2-11(10)15-7-8-3-4-14-6-8/h1-2,5,8,14H,3-4,6-7H2. The summed E-state index contributed by atoms with van der Waals surface area (Å²) < 4.78 is 18.3. The molecule has 1 saturated heterocycles. The SMILES string of the molecule is Fc1ccc(OCC2CCNC2)c(Cl)c1. The topological polar surface area (TPSA) is 21.3 Å². The molecule has 0 saturated carbocycles. The maximum Gasteiger partial charge on any atom is 0.138 e. The zero-order chi connectivity index (χ0) is 10.7. The first kappa shape index (κ1) is 10.7. The summed E-state index contributed by atoms with van der Waals surface area (Å²) in [6.07, 6.45) is 1.12. The Bertz CT molecular complexity index is 339. The van der Waals surface area contributed by atoms with Gasteiger partial charge in [0.25, 0.3) is 0 Å². The van der Waals surface area contributed by atoms with Crippen molar-refractivity contribution in [1.82, 2.24) is 5.32 Å². The highest BCUT2D eigenvalue weighted by atomic mass is 35.5. The van der Waals surface area contributed by atoms with Gasteiger partial charge in [-0.2, -0.15) is 0 Å². The van der Waals surface area contributed by atoms with Gasteiger partial charge in [0.15, 0.2) is 0 Å². The second kappa shape index (κ2) is 4.81. The highest BCUT2D eigenvalue weighted by molar-refractivity contribution is 6.32. The number of nitrogens with one attached hydrogen (secondary N) is 1. The average molecular weight is 230 g/mol. The van der Waals surface area contributed by atoms with Gasteiger partial charge in [-0.15, -0.1) is 0 Å². The van der Waals surface area contributed by atoms with Crippen LogP contribution < -0.4 is 10.1 Å². The Morgan fingerprint density at radius 3 is 3.07 bits per heavy atom. The van der Waals surface area contributed by atoms with Crippen molar-refractivity contribution in [3.05, 3.63) is 29.0 Å². The molecule has 1 aromatic rings. The van der Waals surface area contributed by atoms with Gasteiger partial charge in [-0.05, 0) is 31.2 Å². The Hall–Kier alpha value is -0.800. The zero-order valence-electron chi connectivity index (χ0n) is 8.30. The largest absolute Gasteiger partial charge is 0.492 e. The summed E-state index contributed by atoms with van der Waals surface area (Å²) in [6, 6.07) is 4.19. The lowest BCUT2D eigenvalue weighted by atomic mass is 10.1. The molecule has 1 aromatic carbocycles. The van der Waals surface area contributed by atoms with Gasteiger partial charge in [0.1, 0.15) is 11.6 Å². The highest BCUT2D eigenvalue weighted by Gasteiger charge is 2.15. The number of hydrogen-bond donors (Lipinski definition) is 1. The number of ether oxygens (including phenoxy) is 1. The summed E-state index contributed by atoms with van der Waals surface area (Å²) in [6.45, 7) is 2.67. The van der Waals surface area contributed by atoms with Crippen molar-refractivity contribution in [2.45, 2.75) is 6.42 Å². The van der Waals surface area contributed by atoms with Gasteiger partial charge in [0, 0.05) is 12.5 Å². The highest BCUT2D eigenvalue weighted by Crippen LogP contribution is 2.25. The molecule has 0 aliphatic carbocycles. The summed E-state index contributed by atoms with van der Waals surface area (Å²) in [7, 11) is 0. The van der Waals surface area contributed by atoms with Gasteiger partial charge >= 0.3 is 0 Å². The molecule has 1 heterocycles. The lowest BCUT2D eigenvalue weighted by molar-refractivity contribution is 0.260. The Morgan fingerprint density at radius 2 is 2.40 bits per heavy atom. The monoisotopic (exact) mass is 229 g/mol. The molecule has 15 heavy (non-hydrogen) atoms. The number of hydrogen-bond acceptors (Lipinski definition) is 2. The smallest absolute Gasteiger partial charge is 0.138 e. The Morgan fingerprint density at radius 1 is 1.53 bits per heavy atom. The zero-order valence-corrected chi connectivity index (χ0v) is 9.06. The minimum atomic E-state index is -0.338. The molecule has 0 amide bonds. The predicted octanol–water partition coefficient (Wildman–Crippen LogP) is 2.47. The van der Waals surface area contributed by atoms with Crippen LogP contribution in [0.1, 0.15) is 6.42 Å². The van der Waals surface area contributed by atoms with E-state index in [4.69, 9.17) is 16.3 Å². The van der Waals surface area contributed by atoms with Gasteiger partial charge < -0.3 is 10.1 Å². The van der Waals surface area contributed by atoms with Crippen LogP contribution in [0.25, 0.3) is 0 Å². The lowest BCUT2D eigenvalue weighted by Gasteiger charge is -2.11. The molecule has 0 aromatic heterocycles. The summed E-state index contributed by atoms with van der Waals surface area (Å²) in [4.78, 5) is 0.